The Morgan fingerprint density at radius 1 is 1.30 bits per heavy atom. The lowest BCUT2D eigenvalue weighted by Crippen LogP contribution is -2.33. The van der Waals surface area contributed by atoms with Gasteiger partial charge in [0.25, 0.3) is 5.91 Å². The number of amides is 1. The van der Waals surface area contributed by atoms with Crippen LogP contribution in [0.3, 0.4) is 0 Å². The quantitative estimate of drug-likeness (QED) is 0.911. The molecule has 2 N–H and O–H groups in total. The summed E-state index contributed by atoms with van der Waals surface area (Å²) in [6.45, 7) is 3.85. The number of hydrogen-bond donors (Lipinski definition) is 1. The van der Waals surface area contributed by atoms with E-state index < -0.39 is 0 Å². The van der Waals surface area contributed by atoms with Crippen molar-refractivity contribution in [3.63, 3.8) is 0 Å². The van der Waals surface area contributed by atoms with E-state index in [9.17, 15) is 4.79 Å². The van der Waals surface area contributed by atoms with Crippen molar-refractivity contribution < 1.29 is 4.79 Å². The van der Waals surface area contributed by atoms with Crippen molar-refractivity contribution in [1.82, 2.24) is 4.90 Å². The Kier molecular flexibility index (Phi) is 4.71. The van der Waals surface area contributed by atoms with E-state index in [0.717, 1.165) is 37.1 Å². The molecule has 1 saturated heterocycles. The van der Waals surface area contributed by atoms with Gasteiger partial charge in [-0.3, -0.25) is 4.79 Å². The van der Waals surface area contributed by atoms with E-state index in [4.69, 9.17) is 5.73 Å². The van der Waals surface area contributed by atoms with Crippen LogP contribution in [-0.2, 0) is 6.42 Å². The van der Waals surface area contributed by atoms with Crippen molar-refractivity contribution in [2.24, 2.45) is 17.6 Å². The van der Waals surface area contributed by atoms with E-state index in [0.29, 0.717) is 17.9 Å². The highest BCUT2D eigenvalue weighted by molar-refractivity contribution is 5.96. The van der Waals surface area contributed by atoms with Gasteiger partial charge in [-0.05, 0) is 42.7 Å². The number of fused-ring (bicyclic) bond motifs is 1. The molecule has 1 saturated carbocycles. The Morgan fingerprint density at radius 2 is 2.05 bits per heavy atom. The Labute approximate surface area is 126 Å². The number of nitrogens with zero attached hydrogens (tertiary/aromatic N) is 1. The lowest BCUT2D eigenvalue weighted by Gasteiger charge is -2.20. The molecule has 110 valence electrons. The fourth-order valence-corrected chi connectivity index (χ4v) is 3.68. The standard InChI is InChI=1S/C16H22N2O.ClH/c1-2-11-5-3-4-6-13(11)16(19)18-9-12-7-8-15(17)14(12)10-18;/h3-6,12,14-15H,2,7-10,17H2,1H3;1H. The molecule has 0 spiro atoms. The molecule has 3 nitrogen and oxygen atoms in total. The van der Waals surface area contributed by atoms with Crippen LogP contribution in [0.25, 0.3) is 0 Å². The Bertz CT molecular complexity index is 491. The number of hydrogen-bond acceptors (Lipinski definition) is 2. The van der Waals surface area contributed by atoms with Gasteiger partial charge in [0.05, 0.1) is 0 Å². The number of carbonyl (C=O) groups excluding carboxylic acids is 1. The molecule has 1 aromatic carbocycles. The summed E-state index contributed by atoms with van der Waals surface area (Å²) in [5, 5.41) is 0. The summed E-state index contributed by atoms with van der Waals surface area (Å²) in [7, 11) is 0. The van der Waals surface area contributed by atoms with Gasteiger partial charge in [0.1, 0.15) is 0 Å². The van der Waals surface area contributed by atoms with E-state index in [-0.39, 0.29) is 18.3 Å². The summed E-state index contributed by atoms with van der Waals surface area (Å²) in [4.78, 5) is 14.7. The van der Waals surface area contributed by atoms with Crippen LogP contribution in [0.2, 0.25) is 0 Å². The fraction of sp³-hybridized carbons (Fsp3) is 0.562. The highest BCUT2D eigenvalue weighted by Crippen LogP contribution is 2.37. The van der Waals surface area contributed by atoms with Gasteiger partial charge < -0.3 is 10.6 Å². The molecule has 20 heavy (non-hydrogen) atoms. The summed E-state index contributed by atoms with van der Waals surface area (Å²) in [6, 6.07) is 8.26. The molecule has 2 fully saturated rings. The summed E-state index contributed by atoms with van der Waals surface area (Å²) in [5.74, 6) is 1.35. The third-order valence-corrected chi connectivity index (χ3v) is 4.83. The van der Waals surface area contributed by atoms with Gasteiger partial charge in [-0.1, -0.05) is 25.1 Å². The van der Waals surface area contributed by atoms with Crippen LogP contribution >= 0.6 is 12.4 Å². The number of benzene rings is 1. The van der Waals surface area contributed by atoms with Gasteiger partial charge in [0.15, 0.2) is 0 Å². The molecular weight excluding hydrogens is 272 g/mol. The van der Waals surface area contributed by atoms with Crippen molar-refractivity contribution >= 4 is 18.3 Å². The first-order valence-corrected chi connectivity index (χ1v) is 7.33. The minimum atomic E-state index is 0. The third kappa shape index (κ3) is 2.57. The maximum Gasteiger partial charge on any atom is 0.254 e. The number of aryl methyl sites for hydroxylation is 1. The predicted molar refractivity (Wildman–Crippen MR) is 83.2 cm³/mol. The summed E-state index contributed by atoms with van der Waals surface area (Å²) >= 11 is 0. The topological polar surface area (TPSA) is 46.3 Å². The van der Waals surface area contributed by atoms with E-state index in [2.05, 4.69) is 13.0 Å². The van der Waals surface area contributed by atoms with Crippen LogP contribution in [0.4, 0.5) is 0 Å². The van der Waals surface area contributed by atoms with Crippen molar-refractivity contribution in [2.75, 3.05) is 13.1 Å². The second-order valence-electron chi connectivity index (χ2n) is 5.89. The fourth-order valence-electron chi connectivity index (χ4n) is 3.68. The number of likely N-dealkylation sites (tertiary alicyclic amines) is 1. The molecule has 1 aliphatic heterocycles. The number of nitrogens with two attached hydrogens (primary N) is 1. The van der Waals surface area contributed by atoms with Gasteiger partial charge in [0, 0.05) is 24.7 Å². The van der Waals surface area contributed by atoms with Gasteiger partial charge in [-0.2, -0.15) is 0 Å². The first-order chi connectivity index (χ1) is 9.20. The lowest BCUT2D eigenvalue weighted by molar-refractivity contribution is 0.0778. The molecule has 1 heterocycles. The Hall–Kier alpha value is -1.06. The summed E-state index contributed by atoms with van der Waals surface area (Å²) < 4.78 is 0. The van der Waals surface area contributed by atoms with Crippen LogP contribution in [0, 0.1) is 11.8 Å². The summed E-state index contributed by atoms with van der Waals surface area (Å²) in [5.41, 5.74) is 8.16. The van der Waals surface area contributed by atoms with Crippen LogP contribution < -0.4 is 5.73 Å². The Balaban J connectivity index is 0.00000147. The highest BCUT2D eigenvalue weighted by atomic mass is 35.5. The van der Waals surface area contributed by atoms with Gasteiger partial charge >= 0.3 is 0 Å². The zero-order valence-corrected chi connectivity index (χ0v) is 12.7. The number of carbonyl (C=O) groups is 1. The molecule has 1 aromatic rings. The molecule has 4 heteroatoms. The van der Waals surface area contributed by atoms with Gasteiger partial charge in [-0.25, -0.2) is 0 Å². The molecule has 3 atom stereocenters. The van der Waals surface area contributed by atoms with Crippen LogP contribution in [0.15, 0.2) is 24.3 Å². The molecule has 3 unspecified atom stereocenters. The minimum Gasteiger partial charge on any atom is -0.338 e. The maximum absolute atomic E-state index is 12.6. The zero-order valence-electron chi connectivity index (χ0n) is 11.9. The van der Waals surface area contributed by atoms with Crippen molar-refractivity contribution in [2.45, 2.75) is 32.2 Å². The lowest BCUT2D eigenvalue weighted by atomic mass is 9.98. The van der Waals surface area contributed by atoms with E-state index in [1.54, 1.807) is 0 Å². The van der Waals surface area contributed by atoms with Gasteiger partial charge in [0.2, 0.25) is 0 Å². The third-order valence-electron chi connectivity index (χ3n) is 4.83. The van der Waals surface area contributed by atoms with Crippen molar-refractivity contribution in [3.8, 4) is 0 Å². The summed E-state index contributed by atoms with van der Waals surface area (Å²) in [6.07, 6.45) is 3.22. The largest absolute Gasteiger partial charge is 0.338 e. The molecule has 3 rings (SSSR count). The van der Waals surface area contributed by atoms with Crippen molar-refractivity contribution in [3.05, 3.63) is 35.4 Å². The van der Waals surface area contributed by atoms with Crippen LogP contribution in [0.1, 0.15) is 35.7 Å². The number of rotatable bonds is 2. The Morgan fingerprint density at radius 3 is 2.75 bits per heavy atom. The zero-order chi connectivity index (χ0) is 13.4. The first kappa shape index (κ1) is 15.3. The van der Waals surface area contributed by atoms with E-state index in [1.165, 1.54) is 6.42 Å². The molecule has 1 amide bonds. The van der Waals surface area contributed by atoms with Crippen LogP contribution in [0.5, 0.6) is 0 Å². The minimum absolute atomic E-state index is 0. The average molecular weight is 295 g/mol. The second-order valence-corrected chi connectivity index (χ2v) is 5.89. The smallest absolute Gasteiger partial charge is 0.254 e. The molecule has 0 radical (unpaired) electrons. The van der Waals surface area contributed by atoms with E-state index >= 15 is 0 Å². The normalized spacial score (nSPS) is 28.1. The average Bonchev–Trinajstić information content (AvgIpc) is 3.00. The molecule has 0 bridgehead atoms. The predicted octanol–water partition coefficient (Wildman–Crippen LogP) is 2.48. The SMILES string of the molecule is CCc1ccccc1C(=O)N1CC2CCC(N)C2C1.Cl. The monoisotopic (exact) mass is 294 g/mol. The molecule has 1 aliphatic carbocycles. The second kappa shape index (κ2) is 6.15. The maximum atomic E-state index is 12.6. The van der Waals surface area contributed by atoms with Crippen LogP contribution in [-0.4, -0.2) is 29.9 Å². The highest BCUT2D eigenvalue weighted by Gasteiger charge is 2.42. The molecular formula is C16H23ClN2O. The first-order valence-electron chi connectivity index (χ1n) is 7.33. The van der Waals surface area contributed by atoms with E-state index in [1.807, 2.05) is 23.1 Å². The van der Waals surface area contributed by atoms with Crippen molar-refractivity contribution in [1.29, 1.82) is 0 Å². The molecule has 0 aromatic heterocycles. The number of halogens is 1. The van der Waals surface area contributed by atoms with Gasteiger partial charge in [-0.15, -0.1) is 12.4 Å². The molecule has 2 aliphatic rings.